The monoisotopic (exact) mass is 289 g/mol. The third kappa shape index (κ3) is 3.13. The van der Waals surface area contributed by atoms with Gasteiger partial charge in [0, 0.05) is 49.0 Å². The Balaban J connectivity index is 1.77. The summed E-state index contributed by atoms with van der Waals surface area (Å²) in [5, 5.41) is 0.893. The van der Waals surface area contributed by atoms with E-state index in [0.29, 0.717) is 0 Å². The van der Waals surface area contributed by atoms with Crippen LogP contribution < -0.4 is 4.90 Å². The Morgan fingerprint density at radius 3 is 2.40 bits per heavy atom. The molecule has 2 aliphatic heterocycles. The summed E-state index contributed by atoms with van der Waals surface area (Å²) in [7, 11) is 5.82. The van der Waals surface area contributed by atoms with Crippen LogP contribution >= 0.6 is 11.6 Å². The van der Waals surface area contributed by atoms with Gasteiger partial charge in [-0.05, 0) is 38.1 Å². The number of piperazine rings is 1. The van der Waals surface area contributed by atoms with E-state index < -0.39 is 0 Å². The van der Waals surface area contributed by atoms with Crippen molar-refractivity contribution in [2.45, 2.75) is 19.4 Å². The van der Waals surface area contributed by atoms with Crippen LogP contribution in [0.3, 0.4) is 0 Å². The Morgan fingerprint density at radius 2 is 1.70 bits per heavy atom. The lowest BCUT2D eigenvalue weighted by molar-refractivity contribution is 0.184. The van der Waals surface area contributed by atoms with Crippen LogP contribution in [0, 0.1) is 0 Å². The van der Waals surface area contributed by atoms with Crippen molar-refractivity contribution in [1.82, 2.24) is 9.71 Å². The van der Waals surface area contributed by atoms with Gasteiger partial charge in [0.15, 0.2) is 7.98 Å². The summed E-state index contributed by atoms with van der Waals surface area (Å²) in [6.45, 7) is 7.14. The summed E-state index contributed by atoms with van der Waals surface area (Å²) >= 11 is 6.47. The molecule has 1 aromatic rings. The van der Waals surface area contributed by atoms with Gasteiger partial charge in [-0.1, -0.05) is 17.7 Å². The van der Waals surface area contributed by atoms with Gasteiger partial charge in [0.05, 0.1) is 0 Å². The van der Waals surface area contributed by atoms with E-state index in [2.05, 4.69) is 21.9 Å². The summed E-state index contributed by atoms with van der Waals surface area (Å²) in [6, 6.07) is 6.29. The third-order valence-electron chi connectivity index (χ3n) is 4.33. The molecule has 0 N–H and O–H groups in total. The Morgan fingerprint density at radius 1 is 1.00 bits per heavy atom. The summed E-state index contributed by atoms with van der Waals surface area (Å²) < 4.78 is 0. The topological polar surface area (TPSA) is 9.72 Å². The maximum atomic E-state index is 6.47. The molecule has 0 bridgehead atoms. The predicted octanol–water partition coefficient (Wildman–Crippen LogP) is 2.14. The molecule has 20 heavy (non-hydrogen) atoms. The van der Waals surface area contributed by atoms with Crippen molar-refractivity contribution in [3.8, 4) is 0 Å². The summed E-state index contributed by atoms with van der Waals surface area (Å²) in [5.74, 6) is 0. The highest BCUT2D eigenvalue weighted by Crippen LogP contribution is 2.31. The first kappa shape index (κ1) is 14.2. The molecule has 0 saturated carbocycles. The summed E-state index contributed by atoms with van der Waals surface area (Å²) in [5.41, 5.74) is 2.60. The first-order valence-corrected chi connectivity index (χ1v) is 7.86. The molecule has 2 radical (unpaired) electrons. The van der Waals surface area contributed by atoms with Gasteiger partial charge in [-0.2, -0.15) is 0 Å². The van der Waals surface area contributed by atoms with Gasteiger partial charge in [-0.3, -0.25) is 4.90 Å². The minimum atomic E-state index is 0.893. The Labute approximate surface area is 127 Å². The smallest absolute Gasteiger partial charge is 0.182 e. The van der Waals surface area contributed by atoms with E-state index in [4.69, 9.17) is 19.6 Å². The average Bonchev–Trinajstić information content (AvgIpc) is 2.97. The number of halogens is 1. The highest BCUT2D eigenvalue weighted by atomic mass is 35.5. The summed E-state index contributed by atoms with van der Waals surface area (Å²) in [6.07, 6.45) is 2.58. The van der Waals surface area contributed by atoms with E-state index in [1.54, 1.807) is 0 Å². The highest BCUT2D eigenvalue weighted by molar-refractivity contribution is 6.31. The van der Waals surface area contributed by atoms with Crippen LogP contribution in [0.2, 0.25) is 5.02 Å². The van der Waals surface area contributed by atoms with Gasteiger partial charge in [0.2, 0.25) is 0 Å². The molecule has 2 aliphatic rings. The molecule has 0 aliphatic carbocycles. The summed E-state index contributed by atoms with van der Waals surface area (Å²) in [4.78, 5) is 6.81. The lowest BCUT2D eigenvalue weighted by atomic mass is 10.1. The molecule has 0 aromatic heterocycles. The second kappa shape index (κ2) is 6.38. The fraction of sp³-hybridized carbons (Fsp3) is 0.600. The predicted molar refractivity (Wildman–Crippen MR) is 85.5 cm³/mol. The molecule has 3 nitrogen and oxygen atoms in total. The molecule has 2 saturated heterocycles. The van der Waals surface area contributed by atoms with Crippen LogP contribution in [0.4, 0.5) is 5.69 Å². The van der Waals surface area contributed by atoms with Crippen molar-refractivity contribution in [1.29, 1.82) is 0 Å². The van der Waals surface area contributed by atoms with Crippen LogP contribution in [0.1, 0.15) is 18.4 Å². The molecule has 2 heterocycles. The number of anilines is 1. The number of nitrogens with zero attached hydrogens (tertiary/aromatic N) is 3. The maximum Gasteiger partial charge on any atom is 0.182 e. The SMILES string of the molecule is [B]N1CCN(Cc2c(Cl)cccc2N2CCCC2)CC1. The Kier molecular flexibility index (Phi) is 4.54. The Bertz CT molecular complexity index is 454. The van der Waals surface area contributed by atoms with E-state index >= 15 is 0 Å². The minimum absolute atomic E-state index is 0.893. The second-order valence-corrected chi connectivity index (χ2v) is 6.15. The van der Waals surface area contributed by atoms with Crippen molar-refractivity contribution in [2.75, 3.05) is 44.2 Å². The molecule has 0 spiro atoms. The van der Waals surface area contributed by atoms with E-state index in [0.717, 1.165) is 50.8 Å². The molecule has 2 fully saturated rings. The van der Waals surface area contributed by atoms with E-state index in [9.17, 15) is 0 Å². The molecule has 0 unspecified atom stereocenters. The quantitative estimate of drug-likeness (QED) is 0.790. The fourth-order valence-electron chi connectivity index (χ4n) is 3.10. The van der Waals surface area contributed by atoms with Gasteiger partial charge >= 0.3 is 0 Å². The van der Waals surface area contributed by atoms with Crippen molar-refractivity contribution >= 4 is 25.3 Å². The molecule has 0 amide bonds. The van der Waals surface area contributed by atoms with Crippen LogP contribution in [0.15, 0.2) is 18.2 Å². The van der Waals surface area contributed by atoms with Gasteiger partial charge < -0.3 is 9.71 Å². The number of hydrogen-bond acceptors (Lipinski definition) is 3. The van der Waals surface area contributed by atoms with Crippen LogP contribution in [-0.2, 0) is 6.54 Å². The second-order valence-electron chi connectivity index (χ2n) is 5.74. The van der Waals surface area contributed by atoms with Gasteiger partial charge in [0.25, 0.3) is 0 Å². The minimum Gasteiger partial charge on any atom is -0.371 e. The van der Waals surface area contributed by atoms with Crippen molar-refractivity contribution < 1.29 is 0 Å². The van der Waals surface area contributed by atoms with E-state index in [-0.39, 0.29) is 0 Å². The normalized spacial score (nSPS) is 21.6. The molecule has 5 heteroatoms. The molecule has 106 valence electrons. The largest absolute Gasteiger partial charge is 0.371 e. The van der Waals surface area contributed by atoms with Crippen molar-refractivity contribution in [3.63, 3.8) is 0 Å². The van der Waals surface area contributed by atoms with Crippen LogP contribution in [0.5, 0.6) is 0 Å². The van der Waals surface area contributed by atoms with Crippen molar-refractivity contribution in [2.24, 2.45) is 0 Å². The molecule has 0 atom stereocenters. The first-order valence-electron chi connectivity index (χ1n) is 7.48. The Hall–Kier alpha value is -0.705. The van der Waals surface area contributed by atoms with E-state index in [1.807, 2.05) is 10.9 Å². The number of benzene rings is 1. The number of hydrogen-bond donors (Lipinski definition) is 0. The number of rotatable bonds is 3. The van der Waals surface area contributed by atoms with Crippen molar-refractivity contribution in [3.05, 3.63) is 28.8 Å². The molecular weight excluding hydrogens is 268 g/mol. The zero-order valence-electron chi connectivity index (χ0n) is 11.9. The van der Waals surface area contributed by atoms with Crippen LogP contribution in [0.25, 0.3) is 0 Å². The average molecular weight is 290 g/mol. The maximum absolute atomic E-state index is 6.47. The molecular formula is C15H21BClN3. The van der Waals surface area contributed by atoms with Gasteiger partial charge in [-0.25, -0.2) is 0 Å². The molecule has 3 rings (SSSR count). The van der Waals surface area contributed by atoms with Crippen LogP contribution in [-0.4, -0.2) is 57.0 Å². The van der Waals surface area contributed by atoms with Gasteiger partial charge in [-0.15, -0.1) is 0 Å². The van der Waals surface area contributed by atoms with E-state index in [1.165, 1.54) is 24.1 Å². The zero-order valence-corrected chi connectivity index (χ0v) is 12.6. The zero-order chi connectivity index (χ0) is 13.9. The standard InChI is InChI=1S/C15H21BClN3/c16-20-10-8-18(9-11-20)12-13-14(17)4-3-5-15(13)19-6-1-2-7-19/h3-5H,1-2,6-12H2. The molecule has 1 aromatic carbocycles. The lowest BCUT2D eigenvalue weighted by Crippen LogP contribution is -2.44. The highest BCUT2D eigenvalue weighted by Gasteiger charge is 2.20. The van der Waals surface area contributed by atoms with Gasteiger partial charge in [0.1, 0.15) is 0 Å². The fourth-order valence-corrected chi connectivity index (χ4v) is 3.33. The first-order chi connectivity index (χ1) is 9.74. The lowest BCUT2D eigenvalue weighted by Gasteiger charge is -2.34. The third-order valence-corrected chi connectivity index (χ3v) is 4.68.